The summed E-state index contributed by atoms with van der Waals surface area (Å²) in [5.41, 5.74) is 1.95. The van der Waals surface area contributed by atoms with Crippen LogP contribution in [0, 0.1) is 5.82 Å². The molecule has 0 aliphatic heterocycles. The number of benzene rings is 3. The number of carbonyl (C=O) groups is 2. The number of hydrogen-bond acceptors (Lipinski definition) is 2. The van der Waals surface area contributed by atoms with Gasteiger partial charge in [0.25, 0.3) is 0 Å². The summed E-state index contributed by atoms with van der Waals surface area (Å²) in [5, 5.41) is 3.94. The van der Waals surface area contributed by atoms with Gasteiger partial charge in [0.15, 0.2) is 0 Å². The van der Waals surface area contributed by atoms with Crippen molar-refractivity contribution in [2.75, 3.05) is 0 Å². The van der Waals surface area contributed by atoms with Crippen LogP contribution in [0.4, 0.5) is 4.39 Å². The van der Waals surface area contributed by atoms with Crippen LogP contribution in [0.15, 0.2) is 72.8 Å². The van der Waals surface area contributed by atoms with Crippen LogP contribution in [0.3, 0.4) is 0 Å². The number of nitrogens with one attached hydrogen (secondary N) is 1. The summed E-state index contributed by atoms with van der Waals surface area (Å²) in [5.74, 6) is -0.920. The Balaban J connectivity index is 1.67. The van der Waals surface area contributed by atoms with Gasteiger partial charge in [-0.1, -0.05) is 97.1 Å². The Morgan fingerprint density at radius 1 is 0.892 bits per heavy atom. The number of hydrogen-bond donors (Lipinski definition) is 1. The number of nitrogens with zero attached hydrogens (tertiary/aromatic N) is 1. The molecule has 7 heteroatoms. The lowest BCUT2D eigenvalue weighted by Crippen LogP contribution is -2.53. The second-order valence-corrected chi connectivity index (χ2v) is 10.4. The number of amides is 2. The lowest BCUT2D eigenvalue weighted by Gasteiger charge is -2.33. The maximum Gasteiger partial charge on any atom is 0.243 e. The van der Waals surface area contributed by atoms with Crippen LogP contribution in [0.2, 0.25) is 10.0 Å². The van der Waals surface area contributed by atoms with Crippen molar-refractivity contribution in [3.05, 3.63) is 105 Å². The molecule has 0 saturated heterocycles. The first-order valence-corrected chi connectivity index (χ1v) is 13.5. The Labute approximate surface area is 227 Å². The Bertz CT molecular complexity index is 1220. The molecule has 1 saturated carbocycles. The van der Waals surface area contributed by atoms with Crippen LogP contribution in [-0.4, -0.2) is 28.8 Å². The largest absolute Gasteiger partial charge is 0.352 e. The van der Waals surface area contributed by atoms with E-state index in [9.17, 15) is 14.0 Å². The van der Waals surface area contributed by atoms with Crippen LogP contribution in [-0.2, 0) is 29.0 Å². The van der Waals surface area contributed by atoms with Crippen molar-refractivity contribution in [1.82, 2.24) is 10.2 Å². The molecule has 1 aliphatic rings. The molecule has 1 aliphatic carbocycles. The highest BCUT2D eigenvalue weighted by Gasteiger charge is 2.32. The molecular formula is C30H31Cl2FN2O2. The maximum atomic E-state index is 14.7. The average molecular weight is 541 g/mol. The summed E-state index contributed by atoms with van der Waals surface area (Å²) in [7, 11) is 0. The normalized spacial score (nSPS) is 14.7. The molecule has 4 nitrogen and oxygen atoms in total. The molecule has 1 N–H and O–H groups in total. The van der Waals surface area contributed by atoms with Crippen molar-refractivity contribution in [2.45, 2.75) is 63.6 Å². The smallest absolute Gasteiger partial charge is 0.243 e. The van der Waals surface area contributed by atoms with Gasteiger partial charge in [-0.15, -0.1) is 0 Å². The molecule has 3 aromatic rings. The fourth-order valence-corrected chi connectivity index (χ4v) is 5.15. The zero-order valence-corrected chi connectivity index (χ0v) is 22.1. The van der Waals surface area contributed by atoms with E-state index in [4.69, 9.17) is 23.2 Å². The molecule has 1 unspecified atom stereocenters. The third-order valence-electron chi connectivity index (χ3n) is 6.86. The van der Waals surface area contributed by atoms with Crippen molar-refractivity contribution >= 4 is 35.0 Å². The third kappa shape index (κ3) is 7.56. The van der Waals surface area contributed by atoms with Crippen molar-refractivity contribution in [3.63, 3.8) is 0 Å². The molecule has 0 aromatic heterocycles. The van der Waals surface area contributed by atoms with Crippen molar-refractivity contribution in [2.24, 2.45) is 0 Å². The van der Waals surface area contributed by atoms with E-state index in [-0.39, 0.29) is 30.8 Å². The molecule has 37 heavy (non-hydrogen) atoms. The van der Waals surface area contributed by atoms with E-state index < -0.39 is 11.9 Å². The molecule has 0 heterocycles. The molecule has 194 valence electrons. The summed E-state index contributed by atoms with van der Waals surface area (Å²) < 4.78 is 14.7. The number of halogens is 3. The van der Waals surface area contributed by atoms with Gasteiger partial charge in [0.2, 0.25) is 11.8 Å². The van der Waals surface area contributed by atoms with Crippen LogP contribution in [0.5, 0.6) is 0 Å². The van der Waals surface area contributed by atoms with Crippen molar-refractivity contribution in [3.8, 4) is 0 Å². The van der Waals surface area contributed by atoms with E-state index in [0.29, 0.717) is 27.6 Å². The van der Waals surface area contributed by atoms with Crippen LogP contribution < -0.4 is 5.32 Å². The van der Waals surface area contributed by atoms with Gasteiger partial charge in [0.1, 0.15) is 11.9 Å². The number of carbonyl (C=O) groups excluding carboxylic acids is 2. The van der Waals surface area contributed by atoms with Crippen LogP contribution in [0.1, 0.15) is 48.8 Å². The first kappa shape index (κ1) is 27.2. The second kappa shape index (κ2) is 13.1. The zero-order valence-electron chi connectivity index (χ0n) is 20.6. The molecule has 0 bridgehead atoms. The van der Waals surface area contributed by atoms with E-state index in [1.165, 1.54) is 17.4 Å². The zero-order chi connectivity index (χ0) is 26.2. The highest BCUT2D eigenvalue weighted by Crippen LogP contribution is 2.25. The predicted octanol–water partition coefficient (Wildman–Crippen LogP) is 6.76. The minimum atomic E-state index is -0.806. The first-order chi connectivity index (χ1) is 17.9. The quantitative estimate of drug-likeness (QED) is 0.325. The first-order valence-electron chi connectivity index (χ1n) is 12.7. The standard InChI is InChI=1S/C30H31Cl2FN2O2/c31-25-16-15-22(17-26(25)32)19-29(36)35(20-23-11-7-8-14-27(23)33)28(18-21-9-3-1-4-10-21)30(37)34-24-12-5-2-6-13-24/h1,3-4,7-11,14-17,24,28H,2,5-6,12-13,18-20H2,(H,34,37). The topological polar surface area (TPSA) is 49.4 Å². The Hall–Kier alpha value is -2.89. The molecular weight excluding hydrogens is 510 g/mol. The van der Waals surface area contributed by atoms with Crippen LogP contribution >= 0.6 is 23.2 Å². The van der Waals surface area contributed by atoms with Gasteiger partial charge in [0.05, 0.1) is 16.5 Å². The molecule has 1 fully saturated rings. The highest BCUT2D eigenvalue weighted by atomic mass is 35.5. The van der Waals surface area contributed by atoms with Gasteiger partial charge in [-0.25, -0.2) is 4.39 Å². The van der Waals surface area contributed by atoms with Gasteiger partial charge >= 0.3 is 0 Å². The van der Waals surface area contributed by atoms with Gasteiger partial charge in [0, 0.05) is 24.6 Å². The Morgan fingerprint density at radius 2 is 1.59 bits per heavy atom. The molecule has 3 aromatic carbocycles. The lowest BCUT2D eigenvalue weighted by atomic mass is 9.94. The third-order valence-corrected chi connectivity index (χ3v) is 7.60. The van der Waals surface area contributed by atoms with E-state index >= 15 is 0 Å². The molecule has 4 rings (SSSR count). The van der Waals surface area contributed by atoms with Gasteiger partial charge in [-0.3, -0.25) is 9.59 Å². The predicted molar refractivity (Wildman–Crippen MR) is 146 cm³/mol. The molecule has 0 spiro atoms. The number of rotatable bonds is 9. The molecule has 0 radical (unpaired) electrons. The Kier molecular flexibility index (Phi) is 9.59. The summed E-state index contributed by atoms with van der Waals surface area (Å²) in [6.07, 6.45) is 5.49. The summed E-state index contributed by atoms with van der Waals surface area (Å²) in [4.78, 5) is 29.1. The van der Waals surface area contributed by atoms with Crippen molar-refractivity contribution < 1.29 is 14.0 Å². The molecule has 1 atom stereocenters. The highest BCUT2D eigenvalue weighted by molar-refractivity contribution is 6.42. The van der Waals surface area contributed by atoms with Gasteiger partial charge in [-0.05, 0) is 42.2 Å². The Morgan fingerprint density at radius 3 is 2.30 bits per heavy atom. The minimum Gasteiger partial charge on any atom is -0.352 e. The van der Waals surface area contributed by atoms with E-state index in [1.807, 2.05) is 30.3 Å². The monoisotopic (exact) mass is 540 g/mol. The van der Waals surface area contributed by atoms with Crippen LogP contribution in [0.25, 0.3) is 0 Å². The van der Waals surface area contributed by atoms with Gasteiger partial charge < -0.3 is 10.2 Å². The maximum absolute atomic E-state index is 14.7. The summed E-state index contributed by atoms with van der Waals surface area (Å²) in [6, 6.07) is 20.3. The van der Waals surface area contributed by atoms with Gasteiger partial charge in [-0.2, -0.15) is 0 Å². The summed E-state index contributed by atoms with van der Waals surface area (Å²) >= 11 is 12.2. The minimum absolute atomic E-state index is 0.00728. The van der Waals surface area contributed by atoms with E-state index in [2.05, 4.69) is 5.32 Å². The van der Waals surface area contributed by atoms with Crippen molar-refractivity contribution in [1.29, 1.82) is 0 Å². The average Bonchev–Trinajstić information content (AvgIpc) is 2.90. The molecule has 2 amide bonds. The summed E-state index contributed by atoms with van der Waals surface area (Å²) in [6.45, 7) is -0.0254. The SMILES string of the molecule is O=C(NC1CCCCC1)C(Cc1ccccc1)N(Cc1ccccc1F)C(=O)Cc1ccc(Cl)c(Cl)c1. The second-order valence-electron chi connectivity index (χ2n) is 9.59. The van der Waals surface area contributed by atoms with E-state index in [0.717, 1.165) is 31.2 Å². The van der Waals surface area contributed by atoms with E-state index in [1.54, 1.807) is 36.4 Å². The fraction of sp³-hybridized carbons (Fsp3) is 0.333. The fourth-order valence-electron chi connectivity index (χ4n) is 4.83. The lowest BCUT2D eigenvalue weighted by molar-refractivity contribution is -0.141.